The molecular formula is C12H18N2O4S. The van der Waals surface area contributed by atoms with Crippen LogP contribution in [0.2, 0.25) is 0 Å². The topological polar surface area (TPSA) is 84.6 Å². The SMILES string of the molecule is Cc1cc(C(=O)NCC2(OCCO)CCSC2)no1. The highest BCUT2D eigenvalue weighted by Gasteiger charge is 2.35. The average Bonchev–Trinajstić information content (AvgIpc) is 3.03. The van der Waals surface area contributed by atoms with E-state index in [0.29, 0.717) is 18.9 Å². The van der Waals surface area contributed by atoms with Gasteiger partial charge in [-0.05, 0) is 19.1 Å². The lowest BCUT2D eigenvalue weighted by Crippen LogP contribution is -2.45. The zero-order valence-corrected chi connectivity index (χ0v) is 11.7. The first kappa shape index (κ1) is 14.4. The van der Waals surface area contributed by atoms with Crippen molar-refractivity contribution in [3.63, 3.8) is 0 Å². The molecule has 1 aromatic rings. The van der Waals surface area contributed by atoms with Gasteiger partial charge in [0.25, 0.3) is 5.91 Å². The Labute approximate surface area is 115 Å². The lowest BCUT2D eigenvalue weighted by Gasteiger charge is -2.28. The maximum Gasteiger partial charge on any atom is 0.273 e. The number of carbonyl (C=O) groups excluding carboxylic acids is 1. The van der Waals surface area contributed by atoms with Gasteiger partial charge in [-0.25, -0.2) is 0 Å². The van der Waals surface area contributed by atoms with Crippen LogP contribution in [0.5, 0.6) is 0 Å². The Bertz CT molecular complexity index is 429. The van der Waals surface area contributed by atoms with Gasteiger partial charge in [0, 0.05) is 18.4 Å². The zero-order chi connectivity index (χ0) is 13.7. The fraction of sp³-hybridized carbons (Fsp3) is 0.667. The summed E-state index contributed by atoms with van der Waals surface area (Å²) < 4.78 is 10.6. The number of aliphatic hydroxyl groups excluding tert-OH is 1. The zero-order valence-electron chi connectivity index (χ0n) is 10.8. The predicted molar refractivity (Wildman–Crippen MR) is 71.3 cm³/mol. The molecule has 7 heteroatoms. The summed E-state index contributed by atoms with van der Waals surface area (Å²) in [7, 11) is 0. The number of aryl methyl sites for hydroxylation is 1. The van der Waals surface area contributed by atoms with E-state index in [-0.39, 0.29) is 23.8 Å². The monoisotopic (exact) mass is 286 g/mol. The minimum absolute atomic E-state index is 0.0111. The number of ether oxygens (including phenoxy) is 1. The van der Waals surface area contributed by atoms with Gasteiger partial charge in [0.05, 0.1) is 18.8 Å². The van der Waals surface area contributed by atoms with E-state index in [2.05, 4.69) is 10.5 Å². The number of aliphatic hydroxyl groups is 1. The molecule has 1 aliphatic rings. The summed E-state index contributed by atoms with van der Waals surface area (Å²) in [5.74, 6) is 2.17. The Morgan fingerprint density at radius 2 is 2.58 bits per heavy atom. The van der Waals surface area contributed by atoms with Gasteiger partial charge in [0.1, 0.15) is 5.76 Å². The van der Waals surface area contributed by atoms with Crippen LogP contribution in [0.15, 0.2) is 10.6 Å². The number of hydrogen-bond acceptors (Lipinski definition) is 6. The Morgan fingerprint density at radius 3 is 3.16 bits per heavy atom. The number of rotatable bonds is 6. The van der Waals surface area contributed by atoms with Gasteiger partial charge in [-0.2, -0.15) is 11.8 Å². The second-order valence-corrected chi connectivity index (χ2v) is 5.67. The van der Waals surface area contributed by atoms with Crippen LogP contribution in [-0.4, -0.2) is 53.0 Å². The molecule has 1 atom stereocenters. The molecule has 1 fully saturated rings. The number of nitrogens with zero attached hydrogens (tertiary/aromatic N) is 1. The first-order chi connectivity index (χ1) is 9.15. The quantitative estimate of drug-likeness (QED) is 0.796. The van der Waals surface area contributed by atoms with E-state index in [1.165, 1.54) is 0 Å². The summed E-state index contributed by atoms with van der Waals surface area (Å²) in [6.07, 6.45) is 0.871. The van der Waals surface area contributed by atoms with Crippen LogP contribution in [-0.2, 0) is 4.74 Å². The van der Waals surface area contributed by atoms with E-state index in [1.807, 2.05) is 0 Å². The second kappa shape index (κ2) is 6.40. The summed E-state index contributed by atoms with van der Waals surface area (Å²) in [5.41, 5.74) is -0.0950. The van der Waals surface area contributed by atoms with E-state index >= 15 is 0 Å². The van der Waals surface area contributed by atoms with Gasteiger partial charge in [0.2, 0.25) is 0 Å². The van der Waals surface area contributed by atoms with Crippen LogP contribution in [0.25, 0.3) is 0 Å². The smallest absolute Gasteiger partial charge is 0.273 e. The van der Waals surface area contributed by atoms with E-state index in [0.717, 1.165) is 17.9 Å². The standard InChI is InChI=1S/C12H18N2O4S/c1-9-6-10(14-18-9)11(16)13-7-12(17-4-3-15)2-5-19-8-12/h6,15H,2-5,7-8H2,1H3,(H,13,16). The maximum atomic E-state index is 11.9. The fourth-order valence-corrected chi connectivity index (χ4v) is 3.32. The van der Waals surface area contributed by atoms with Gasteiger partial charge in [-0.1, -0.05) is 5.16 Å². The van der Waals surface area contributed by atoms with E-state index in [4.69, 9.17) is 14.4 Å². The number of aromatic nitrogens is 1. The van der Waals surface area contributed by atoms with Crippen LogP contribution in [0, 0.1) is 6.92 Å². The third kappa shape index (κ3) is 3.71. The lowest BCUT2D eigenvalue weighted by molar-refractivity contribution is -0.0379. The van der Waals surface area contributed by atoms with Gasteiger partial charge in [-0.15, -0.1) is 0 Å². The molecule has 6 nitrogen and oxygen atoms in total. The van der Waals surface area contributed by atoms with Crippen LogP contribution in [0.3, 0.4) is 0 Å². The van der Waals surface area contributed by atoms with Gasteiger partial charge >= 0.3 is 0 Å². The molecule has 106 valence electrons. The van der Waals surface area contributed by atoms with Crippen molar-refractivity contribution in [3.05, 3.63) is 17.5 Å². The van der Waals surface area contributed by atoms with Crippen LogP contribution in [0.1, 0.15) is 22.7 Å². The molecule has 2 heterocycles. The summed E-state index contributed by atoms with van der Waals surface area (Å²) >= 11 is 1.79. The van der Waals surface area contributed by atoms with Gasteiger partial charge in [-0.3, -0.25) is 4.79 Å². The van der Waals surface area contributed by atoms with Gasteiger partial charge in [0.15, 0.2) is 5.69 Å². The molecule has 1 amide bonds. The number of thioether (sulfide) groups is 1. The molecule has 2 rings (SSSR count). The molecular weight excluding hydrogens is 268 g/mol. The summed E-state index contributed by atoms with van der Waals surface area (Å²) in [6, 6.07) is 1.60. The maximum absolute atomic E-state index is 11.9. The molecule has 0 aromatic carbocycles. The highest BCUT2D eigenvalue weighted by molar-refractivity contribution is 7.99. The third-order valence-electron chi connectivity index (χ3n) is 3.00. The molecule has 0 saturated carbocycles. The van der Waals surface area contributed by atoms with Crippen molar-refractivity contribution in [1.82, 2.24) is 10.5 Å². The van der Waals surface area contributed by atoms with Crippen molar-refractivity contribution in [1.29, 1.82) is 0 Å². The van der Waals surface area contributed by atoms with Crippen LogP contribution >= 0.6 is 11.8 Å². The van der Waals surface area contributed by atoms with E-state index in [9.17, 15) is 4.79 Å². The van der Waals surface area contributed by atoms with E-state index < -0.39 is 0 Å². The Kier molecular flexibility index (Phi) is 4.84. The molecule has 0 radical (unpaired) electrons. The van der Waals surface area contributed by atoms with Crippen LogP contribution < -0.4 is 5.32 Å². The summed E-state index contributed by atoms with van der Waals surface area (Å²) in [6.45, 7) is 2.44. The molecule has 1 saturated heterocycles. The summed E-state index contributed by atoms with van der Waals surface area (Å²) in [4.78, 5) is 11.9. The lowest BCUT2D eigenvalue weighted by atomic mass is 10.0. The largest absolute Gasteiger partial charge is 0.394 e. The first-order valence-electron chi connectivity index (χ1n) is 6.19. The minimum atomic E-state index is -0.373. The number of amides is 1. The number of carbonyl (C=O) groups is 1. The third-order valence-corrected chi connectivity index (χ3v) is 4.22. The average molecular weight is 286 g/mol. The Hall–Kier alpha value is -1.05. The second-order valence-electron chi connectivity index (χ2n) is 4.56. The van der Waals surface area contributed by atoms with Crippen molar-refractivity contribution in [2.45, 2.75) is 18.9 Å². The van der Waals surface area contributed by atoms with E-state index in [1.54, 1.807) is 24.8 Å². The van der Waals surface area contributed by atoms with Crippen molar-refractivity contribution >= 4 is 17.7 Å². The molecule has 1 aromatic heterocycles. The van der Waals surface area contributed by atoms with Crippen LogP contribution in [0.4, 0.5) is 0 Å². The predicted octanol–water partition coefficient (Wildman–Crippen LogP) is 0.597. The highest BCUT2D eigenvalue weighted by atomic mass is 32.2. The fourth-order valence-electron chi connectivity index (χ4n) is 1.96. The van der Waals surface area contributed by atoms with Crippen molar-refractivity contribution in [2.24, 2.45) is 0 Å². The first-order valence-corrected chi connectivity index (χ1v) is 7.35. The molecule has 19 heavy (non-hydrogen) atoms. The Balaban J connectivity index is 1.90. The van der Waals surface area contributed by atoms with Gasteiger partial charge < -0.3 is 19.7 Å². The molecule has 0 aliphatic carbocycles. The highest BCUT2D eigenvalue weighted by Crippen LogP contribution is 2.30. The molecule has 0 bridgehead atoms. The minimum Gasteiger partial charge on any atom is -0.394 e. The Morgan fingerprint density at radius 1 is 1.74 bits per heavy atom. The number of hydrogen-bond donors (Lipinski definition) is 2. The normalized spacial score (nSPS) is 22.6. The molecule has 1 unspecified atom stereocenters. The molecule has 0 spiro atoms. The number of nitrogens with one attached hydrogen (secondary N) is 1. The molecule has 1 aliphatic heterocycles. The molecule has 2 N–H and O–H groups in total. The van der Waals surface area contributed by atoms with Crippen molar-refractivity contribution < 1.29 is 19.2 Å². The van der Waals surface area contributed by atoms with Crippen molar-refractivity contribution in [3.8, 4) is 0 Å². The summed E-state index contributed by atoms with van der Waals surface area (Å²) in [5, 5.41) is 15.4. The van der Waals surface area contributed by atoms with Crippen molar-refractivity contribution in [2.75, 3.05) is 31.3 Å².